The number of sulfonamides is 1. The lowest BCUT2D eigenvalue weighted by Gasteiger charge is -2.29. The van der Waals surface area contributed by atoms with Crippen LogP contribution in [0.3, 0.4) is 0 Å². The van der Waals surface area contributed by atoms with Crippen molar-refractivity contribution in [3.63, 3.8) is 0 Å². The van der Waals surface area contributed by atoms with E-state index in [2.05, 4.69) is 15.0 Å². The van der Waals surface area contributed by atoms with Crippen LogP contribution in [0.4, 0.5) is 6.01 Å². The first kappa shape index (κ1) is 17.2. The number of hydrogen-bond acceptors (Lipinski definition) is 5. The zero-order valence-corrected chi connectivity index (χ0v) is 15.0. The van der Waals surface area contributed by atoms with Crippen LogP contribution in [0.5, 0.6) is 0 Å². The van der Waals surface area contributed by atoms with Crippen LogP contribution in [0.25, 0.3) is 11.1 Å². The summed E-state index contributed by atoms with van der Waals surface area (Å²) in [5, 5.41) is 2.89. The first-order valence-corrected chi connectivity index (χ1v) is 10.1. The quantitative estimate of drug-likeness (QED) is 0.835. The van der Waals surface area contributed by atoms with Crippen molar-refractivity contribution < 1.29 is 12.8 Å². The van der Waals surface area contributed by atoms with Gasteiger partial charge in [-0.15, -0.1) is 0 Å². The number of oxazole rings is 1. The summed E-state index contributed by atoms with van der Waals surface area (Å²) >= 11 is 0. The predicted octanol–water partition coefficient (Wildman–Crippen LogP) is 3.13. The molecule has 3 rings (SSSR count). The summed E-state index contributed by atoms with van der Waals surface area (Å²) in [6, 6.07) is 8.32. The van der Waals surface area contributed by atoms with Crippen molar-refractivity contribution in [3.8, 4) is 0 Å². The van der Waals surface area contributed by atoms with E-state index in [0.717, 1.165) is 43.3 Å². The van der Waals surface area contributed by atoms with E-state index in [0.29, 0.717) is 11.9 Å². The highest BCUT2D eigenvalue weighted by Crippen LogP contribution is 2.26. The molecule has 0 unspecified atom stereocenters. The maximum atomic E-state index is 11.9. The summed E-state index contributed by atoms with van der Waals surface area (Å²) in [5.41, 5.74) is 1.64. The Kier molecular flexibility index (Phi) is 5.10. The highest BCUT2D eigenvalue weighted by molar-refractivity contribution is 7.90. The maximum Gasteiger partial charge on any atom is 0.295 e. The minimum Gasteiger partial charge on any atom is -0.424 e. The Hall–Kier alpha value is -1.60. The van der Waals surface area contributed by atoms with E-state index in [1.807, 2.05) is 24.3 Å². The van der Waals surface area contributed by atoms with E-state index in [-0.39, 0.29) is 11.3 Å². The second-order valence-electron chi connectivity index (χ2n) is 6.80. The number of rotatable bonds is 6. The van der Waals surface area contributed by atoms with E-state index >= 15 is 0 Å². The molecule has 1 aliphatic rings. The third-order valence-electron chi connectivity index (χ3n) is 4.63. The van der Waals surface area contributed by atoms with Crippen molar-refractivity contribution >= 4 is 27.1 Å². The lowest BCUT2D eigenvalue weighted by atomic mass is 9.86. The smallest absolute Gasteiger partial charge is 0.295 e. The third-order valence-corrected chi connectivity index (χ3v) is 6.54. The Labute approximate surface area is 143 Å². The predicted molar refractivity (Wildman–Crippen MR) is 95.4 cm³/mol. The minimum atomic E-state index is -3.18. The molecule has 2 N–H and O–H groups in total. The maximum absolute atomic E-state index is 11.9. The van der Waals surface area contributed by atoms with Gasteiger partial charge in [-0.05, 0) is 57.6 Å². The molecule has 0 saturated heterocycles. The van der Waals surface area contributed by atoms with E-state index in [1.54, 1.807) is 13.8 Å². The van der Waals surface area contributed by atoms with Crippen molar-refractivity contribution in [1.82, 2.24) is 9.71 Å². The third kappa shape index (κ3) is 4.08. The second kappa shape index (κ2) is 7.11. The van der Waals surface area contributed by atoms with Gasteiger partial charge in [0.05, 0.1) is 5.25 Å². The minimum absolute atomic E-state index is 0.0676. The SMILES string of the molecule is CC(C)S(=O)(=O)N[C@H]1CC[C@H](CNc2nc3ccccc3o2)CC1. The largest absolute Gasteiger partial charge is 0.424 e. The Bertz CT molecular complexity index is 744. The molecule has 132 valence electrons. The number of anilines is 1. The zero-order valence-electron chi connectivity index (χ0n) is 14.2. The molecular formula is C17H25N3O3S. The molecule has 2 aromatic rings. The standard InChI is InChI=1S/C17H25N3O3S/c1-12(2)24(21,22)20-14-9-7-13(8-10-14)11-18-17-19-15-5-3-4-6-16(15)23-17/h3-6,12-14,20H,7-11H2,1-2H3,(H,18,19)/t13-,14-. The van der Waals surface area contributed by atoms with Gasteiger partial charge in [0, 0.05) is 12.6 Å². The molecule has 1 saturated carbocycles. The number of para-hydroxylation sites is 2. The first-order chi connectivity index (χ1) is 11.4. The van der Waals surface area contributed by atoms with E-state index in [9.17, 15) is 8.42 Å². The molecule has 1 fully saturated rings. The van der Waals surface area contributed by atoms with Gasteiger partial charge in [0.25, 0.3) is 6.01 Å². The molecule has 1 aromatic carbocycles. The molecule has 1 heterocycles. The number of benzene rings is 1. The molecule has 7 heteroatoms. The second-order valence-corrected chi connectivity index (χ2v) is 9.07. The number of hydrogen-bond donors (Lipinski definition) is 2. The molecule has 1 aliphatic carbocycles. The number of fused-ring (bicyclic) bond motifs is 1. The molecule has 0 aliphatic heterocycles. The summed E-state index contributed by atoms with van der Waals surface area (Å²) in [6.45, 7) is 4.22. The van der Waals surface area contributed by atoms with Crippen LogP contribution in [0.2, 0.25) is 0 Å². The number of nitrogens with one attached hydrogen (secondary N) is 2. The van der Waals surface area contributed by atoms with Gasteiger partial charge in [0.1, 0.15) is 5.52 Å². The van der Waals surface area contributed by atoms with Gasteiger partial charge in [-0.3, -0.25) is 0 Å². The van der Waals surface area contributed by atoms with Crippen LogP contribution in [-0.4, -0.2) is 31.2 Å². The lowest BCUT2D eigenvalue weighted by molar-refractivity contribution is 0.322. The fraction of sp³-hybridized carbons (Fsp3) is 0.588. The van der Waals surface area contributed by atoms with Crippen molar-refractivity contribution in [2.75, 3.05) is 11.9 Å². The van der Waals surface area contributed by atoms with Gasteiger partial charge in [-0.1, -0.05) is 12.1 Å². The monoisotopic (exact) mass is 351 g/mol. The molecule has 0 amide bonds. The van der Waals surface area contributed by atoms with E-state index in [4.69, 9.17) is 4.42 Å². The topological polar surface area (TPSA) is 84.2 Å². The molecule has 1 aromatic heterocycles. The number of aromatic nitrogens is 1. The van der Waals surface area contributed by atoms with Gasteiger partial charge in [-0.2, -0.15) is 4.98 Å². The molecular weight excluding hydrogens is 326 g/mol. The molecule has 0 radical (unpaired) electrons. The lowest BCUT2D eigenvalue weighted by Crippen LogP contribution is -2.41. The van der Waals surface area contributed by atoms with Crippen LogP contribution < -0.4 is 10.0 Å². The normalized spacial score (nSPS) is 22.1. The Balaban J connectivity index is 1.47. The molecule has 24 heavy (non-hydrogen) atoms. The summed E-state index contributed by atoms with van der Waals surface area (Å²) in [6.07, 6.45) is 3.76. The summed E-state index contributed by atoms with van der Waals surface area (Å²) in [4.78, 5) is 4.41. The van der Waals surface area contributed by atoms with Crippen LogP contribution in [0.15, 0.2) is 28.7 Å². The van der Waals surface area contributed by atoms with E-state index in [1.165, 1.54) is 0 Å². The highest BCUT2D eigenvalue weighted by Gasteiger charge is 2.26. The van der Waals surface area contributed by atoms with Gasteiger partial charge in [0.2, 0.25) is 10.0 Å². The first-order valence-electron chi connectivity index (χ1n) is 8.54. The number of nitrogens with zero attached hydrogens (tertiary/aromatic N) is 1. The summed E-state index contributed by atoms with van der Waals surface area (Å²) < 4.78 is 32.4. The van der Waals surface area contributed by atoms with Crippen LogP contribution in [-0.2, 0) is 10.0 Å². The summed E-state index contributed by atoms with van der Waals surface area (Å²) in [7, 11) is -3.18. The Morgan fingerprint density at radius 1 is 1.21 bits per heavy atom. The zero-order chi connectivity index (χ0) is 17.2. The van der Waals surface area contributed by atoms with Crippen molar-refractivity contribution in [1.29, 1.82) is 0 Å². The average molecular weight is 351 g/mol. The van der Waals surface area contributed by atoms with Gasteiger partial charge in [0.15, 0.2) is 5.58 Å². The van der Waals surface area contributed by atoms with Crippen molar-refractivity contribution in [3.05, 3.63) is 24.3 Å². The Morgan fingerprint density at radius 3 is 2.58 bits per heavy atom. The fourth-order valence-electron chi connectivity index (χ4n) is 3.03. The molecule has 0 spiro atoms. The molecule has 0 bridgehead atoms. The van der Waals surface area contributed by atoms with Gasteiger partial charge < -0.3 is 9.73 Å². The van der Waals surface area contributed by atoms with Crippen LogP contribution in [0.1, 0.15) is 39.5 Å². The Morgan fingerprint density at radius 2 is 1.92 bits per heavy atom. The molecule has 6 nitrogen and oxygen atoms in total. The van der Waals surface area contributed by atoms with Crippen molar-refractivity contribution in [2.24, 2.45) is 5.92 Å². The molecule has 0 atom stereocenters. The van der Waals surface area contributed by atoms with Gasteiger partial charge in [-0.25, -0.2) is 13.1 Å². The summed E-state index contributed by atoms with van der Waals surface area (Å²) in [5.74, 6) is 0.514. The van der Waals surface area contributed by atoms with E-state index < -0.39 is 10.0 Å². The van der Waals surface area contributed by atoms with Gasteiger partial charge >= 0.3 is 0 Å². The fourth-order valence-corrected chi connectivity index (χ4v) is 4.00. The van der Waals surface area contributed by atoms with Crippen LogP contribution >= 0.6 is 0 Å². The van der Waals surface area contributed by atoms with Crippen LogP contribution in [0, 0.1) is 5.92 Å². The highest BCUT2D eigenvalue weighted by atomic mass is 32.2. The van der Waals surface area contributed by atoms with Crippen molar-refractivity contribution in [2.45, 2.75) is 50.8 Å². The average Bonchev–Trinajstić information content (AvgIpc) is 2.96.